The van der Waals surface area contributed by atoms with Crippen LogP contribution in [0, 0.1) is 0 Å². The van der Waals surface area contributed by atoms with Crippen LogP contribution in [0.2, 0.25) is 0 Å². The van der Waals surface area contributed by atoms with Crippen LogP contribution < -0.4 is 9.64 Å². The summed E-state index contributed by atoms with van der Waals surface area (Å²) in [6.07, 6.45) is 0. The molecule has 64 heavy (non-hydrogen) atoms. The average Bonchev–Trinajstić information content (AvgIpc) is 3.80. The van der Waals surface area contributed by atoms with E-state index < -0.39 is 5.41 Å². The van der Waals surface area contributed by atoms with Crippen molar-refractivity contribution in [3.05, 3.63) is 247 Å². The predicted molar refractivity (Wildman–Crippen MR) is 267 cm³/mol. The molecular weight excluding hydrogens is 795 g/mol. The lowest BCUT2D eigenvalue weighted by molar-refractivity contribution is 0.489. The molecule has 0 fully saturated rings. The van der Waals surface area contributed by atoms with Crippen LogP contribution >= 0.6 is 11.3 Å². The molecule has 1 aromatic heterocycles. The summed E-state index contributed by atoms with van der Waals surface area (Å²) in [5.74, 6) is 1.67. The number of hydrogen-bond donors (Lipinski definition) is 0. The van der Waals surface area contributed by atoms with E-state index in [1.54, 1.807) is 0 Å². The van der Waals surface area contributed by atoms with Gasteiger partial charge in [-0.05, 0) is 115 Å². The topological polar surface area (TPSA) is 12.5 Å². The molecule has 1 spiro atoms. The van der Waals surface area contributed by atoms with Crippen molar-refractivity contribution in [3.8, 4) is 67.1 Å². The van der Waals surface area contributed by atoms with Crippen LogP contribution in [-0.4, -0.2) is 0 Å². The van der Waals surface area contributed by atoms with E-state index in [2.05, 4.69) is 229 Å². The molecule has 0 amide bonds. The molecular formula is C61H37NOS. The van der Waals surface area contributed by atoms with Crippen molar-refractivity contribution in [2.45, 2.75) is 5.41 Å². The first-order valence-corrected chi connectivity index (χ1v) is 22.8. The van der Waals surface area contributed by atoms with Crippen LogP contribution in [0.3, 0.4) is 0 Å². The molecule has 0 bridgehead atoms. The first-order chi connectivity index (χ1) is 31.8. The molecule has 2 nitrogen and oxygen atoms in total. The van der Waals surface area contributed by atoms with Gasteiger partial charge in [-0.25, -0.2) is 0 Å². The van der Waals surface area contributed by atoms with Crippen molar-refractivity contribution in [1.82, 2.24) is 0 Å². The molecule has 0 saturated carbocycles. The summed E-state index contributed by atoms with van der Waals surface area (Å²) in [5.41, 5.74) is 19.7. The van der Waals surface area contributed by atoms with E-state index in [4.69, 9.17) is 4.74 Å². The molecule has 10 aromatic carbocycles. The normalized spacial score (nSPS) is 14.8. The molecule has 298 valence electrons. The van der Waals surface area contributed by atoms with E-state index in [0.717, 1.165) is 50.8 Å². The Morgan fingerprint density at radius 3 is 1.72 bits per heavy atom. The zero-order chi connectivity index (χ0) is 41.9. The maximum absolute atomic E-state index is 7.14. The summed E-state index contributed by atoms with van der Waals surface area (Å²) in [4.78, 5) is 2.39. The zero-order valence-corrected chi connectivity index (χ0v) is 35.4. The Morgan fingerprint density at radius 1 is 0.359 bits per heavy atom. The van der Waals surface area contributed by atoms with Crippen molar-refractivity contribution in [2.24, 2.45) is 0 Å². The molecule has 11 aromatic rings. The van der Waals surface area contributed by atoms with Gasteiger partial charge in [-0.2, -0.15) is 0 Å². The van der Waals surface area contributed by atoms with Gasteiger partial charge in [0.2, 0.25) is 0 Å². The molecule has 1 unspecified atom stereocenters. The van der Waals surface area contributed by atoms with Gasteiger partial charge in [-0.15, -0.1) is 11.3 Å². The van der Waals surface area contributed by atoms with E-state index in [0.29, 0.717) is 0 Å². The summed E-state index contributed by atoms with van der Waals surface area (Å²) in [6, 6.07) is 82.8. The second kappa shape index (κ2) is 13.5. The number of thiophene rings is 1. The fourth-order valence-corrected chi connectivity index (χ4v) is 12.5. The standard InChI is InChI=1S/C61H37NOS/c1-2-17-38(18-3-1)62(54-30-16-27-46-42-21-6-5-20-41(42)45-24-10-14-31-55(45)63-60(46)54)39-33-34-52-49(37-39)43-22-7-4-19-40(43)44-23-8-12-28-50(44)61(52)51-29-13-9-25-47(51)58-53(61)35-36-57-59(58)48-26-11-15-32-56(48)64-57/h1-37H. The maximum atomic E-state index is 7.14. The number of fused-ring (bicyclic) bond motifs is 21. The van der Waals surface area contributed by atoms with Crippen LogP contribution in [0.25, 0.3) is 75.8 Å². The van der Waals surface area contributed by atoms with Crippen LogP contribution in [0.4, 0.5) is 17.1 Å². The summed E-state index contributed by atoms with van der Waals surface area (Å²) in [7, 11) is 0. The molecule has 1 aliphatic heterocycles. The molecule has 2 aliphatic carbocycles. The largest absolute Gasteiger partial charge is 0.454 e. The minimum atomic E-state index is -0.607. The van der Waals surface area contributed by atoms with Crippen LogP contribution in [0.1, 0.15) is 22.3 Å². The van der Waals surface area contributed by atoms with Gasteiger partial charge in [0.25, 0.3) is 0 Å². The Hall–Kier alpha value is -7.98. The van der Waals surface area contributed by atoms with Gasteiger partial charge in [-0.1, -0.05) is 176 Å². The van der Waals surface area contributed by atoms with Gasteiger partial charge in [0.05, 0.1) is 11.1 Å². The van der Waals surface area contributed by atoms with Crippen LogP contribution in [-0.2, 0) is 5.41 Å². The third-order valence-corrected chi connectivity index (χ3v) is 15.0. The summed E-state index contributed by atoms with van der Waals surface area (Å²) < 4.78 is 9.78. The fraction of sp³-hybridized carbons (Fsp3) is 0.0164. The number of benzene rings is 10. The highest BCUT2D eigenvalue weighted by atomic mass is 32.1. The number of ether oxygens (including phenoxy) is 1. The van der Waals surface area contributed by atoms with Gasteiger partial charge in [-0.3, -0.25) is 0 Å². The Labute approximate surface area is 375 Å². The highest BCUT2D eigenvalue weighted by Crippen LogP contribution is 2.64. The number of para-hydroxylation sites is 3. The third-order valence-electron chi connectivity index (χ3n) is 13.9. The van der Waals surface area contributed by atoms with Crippen LogP contribution in [0.15, 0.2) is 224 Å². The molecule has 0 radical (unpaired) electrons. The minimum Gasteiger partial charge on any atom is -0.454 e. The molecule has 2 heterocycles. The fourth-order valence-electron chi connectivity index (χ4n) is 11.4. The Kier molecular flexibility index (Phi) is 7.51. The van der Waals surface area contributed by atoms with Gasteiger partial charge < -0.3 is 9.64 Å². The first-order valence-electron chi connectivity index (χ1n) is 22.0. The SMILES string of the molecule is c1ccc(N(c2ccc3c(c2)-c2ccccc2-c2ccccc2C32c3ccccc3-c3c2ccc2sc4ccccc4c32)c2cccc3c2Oc2ccccc2-c2ccccc2-3)cc1. The smallest absolute Gasteiger partial charge is 0.159 e. The number of anilines is 3. The van der Waals surface area contributed by atoms with Crippen molar-refractivity contribution >= 4 is 48.6 Å². The van der Waals surface area contributed by atoms with Crippen molar-refractivity contribution in [1.29, 1.82) is 0 Å². The Balaban J connectivity index is 1.08. The third kappa shape index (κ3) is 4.79. The second-order valence-corrected chi connectivity index (χ2v) is 18.1. The summed E-state index contributed by atoms with van der Waals surface area (Å²) in [6.45, 7) is 0. The predicted octanol–water partition coefficient (Wildman–Crippen LogP) is 17.0. The van der Waals surface area contributed by atoms with Crippen LogP contribution in [0.5, 0.6) is 11.5 Å². The number of nitrogens with zero attached hydrogens (tertiary/aromatic N) is 1. The average molecular weight is 832 g/mol. The Bertz CT molecular complexity index is 3730. The lowest BCUT2D eigenvalue weighted by Crippen LogP contribution is -2.29. The van der Waals surface area contributed by atoms with Crippen molar-refractivity contribution in [3.63, 3.8) is 0 Å². The molecule has 0 N–H and O–H groups in total. The van der Waals surface area contributed by atoms with E-state index in [1.165, 1.54) is 75.8 Å². The highest BCUT2D eigenvalue weighted by molar-refractivity contribution is 7.26. The molecule has 0 saturated heterocycles. The second-order valence-electron chi connectivity index (χ2n) is 17.0. The Morgan fingerprint density at radius 2 is 0.922 bits per heavy atom. The molecule has 14 rings (SSSR count). The molecule has 3 aliphatic rings. The molecule has 1 atom stereocenters. The lowest BCUT2D eigenvalue weighted by Gasteiger charge is -2.36. The summed E-state index contributed by atoms with van der Waals surface area (Å²) in [5, 5.41) is 2.67. The molecule has 3 heteroatoms. The number of rotatable bonds is 3. The van der Waals surface area contributed by atoms with Crippen molar-refractivity contribution < 1.29 is 4.74 Å². The number of hydrogen-bond acceptors (Lipinski definition) is 3. The van der Waals surface area contributed by atoms with E-state index in [9.17, 15) is 0 Å². The summed E-state index contributed by atoms with van der Waals surface area (Å²) >= 11 is 1.89. The minimum absolute atomic E-state index is 0.607. The zero-order valence-electron chi connectivity index (χ0n) is 34.6. The van der Waals surface area contributed by atoms with Gasteiger partial charge in [0.1, 0.15) is 5.75 Å². The maximum Gasteiger partial charge on any atom is 0.159 e. The van der Waals surface area contributed by atoms with E-state index in [1.807, 2.05) is 11.3 Å². The van der Waals surface area contributed by atoms with Crippen molar-refractivity contribution in [2.75, 3.05) is 4.90 Å². The lowest BCUT2D eigenvalue weighted by atomic mass is 9.66. The van der Waals surface area contributed by atoms with E-state index >= 15 is 0 Å². The van der Waals surface area contributed by atoms with Gasteiger partial charge in [0.15, 0.2) is 5.75 Å². The van der Waals surface area contributed by atoms with E-state index in [-0.39, 0.29) is 0 Å². The van der Waals surface area contributed by atoms with Gasteiger partial charge in [0, 0.05) is 42.7 Å². The highest BCUT2D eigenvalue weighted by Gasteiger charge is 2.50. The first kappa shape index (κ1) is 35.6. The monoisotopic (exact) mass is 831 g/mol. The quantitative estimate of drug-likeness (QED) is 0.176. The van der Waals surface area contributed by atoms with Gasteiger partial charge >= 0.3 is 0 Å².